The monoisotopic (exact) mass is 496 g/mol. The van der Waals surface area contributed by atoms with Crippen LogP contribution in [0, 0.1) is 18.8 Å². The largest absolute Gasteiger partial charge is 0.461 e. The van der Waals surface area contributed by atoms with E-state index >= 15 is 0 Å². The van der Waals surface area contributed by atoms with E-state index in [1.165, 1.54) is 6.07 Å². The van der Waals surface area contributed by atoms with Crippen LogP contribution in [0.25, 0.3) is 0 Å². The number of benzene rings is 2. The highest BCUT2D eigenvalue weighted by atomic mass is 32.2. The molecule has 178 valence electrons. The lowest BCUT2D eigenvalue weighted by atomic mass is 10.1. The van der Waals surface area contributed by atoms with Crippen LogP contribution < -0.4 is 4.72 Å². The van der Waals surface area contributed by atoms with Crippen molar-refractivity contribution in [2.24, 2.45) is 0 Å². The summed E-state index contributed by atoms with van der Waals surface area (Å²) in [6.07, 6.45) is -0.0737. The topological polar surface area (TPSA) is 75.7 Å². The maximum Gasteiger partial charge on any atom is 0.307 e. The minimum Gasteiger partial charge on any atom is -0.461 e. The third-order valence-corrected chi connectivity index (χ3v) is 7.80. The number of nitrogens with one attached hydrogen (secondary N) is 1. The third-order valence-electron chi connectivity index (χ3n) is 4.79. The number of thiophene rings is 1. The lowest BCUT2D eigenvalue weighted by molar-refractivity contribution is -0.145. The summed E-state index contributed by atoms with van der Waals surface area (Å²) >= 11 is 1.10. The molecule has 0 saturated carbocycles. The molecule has 0 aliphatic heterocycles. The molecule has 0 unspecified atom stereocenters. The van der Waals surface area contributed by atoms with Gasteiger partial charge in [0.25, 0.3) is 0 Å². The van der Waals surface area contributed by atoms with Gasteiger partial charge in [0.15, 0.2) is 0 Å². The number of carbonyl (C=O) groups is 1. The molecule has 34 heavy (non-hydrogen) atoms. The first kappa shape index (κ1) is 25.7. The van der Waals surface area contributed by atoms with Crippen molar-refractivity contribution in [1.82, 2.24) is 9.62 Å². The van der Waals surface area contributed by atoms with Crippen molar-refractivity contribution in [2.75, 3.05) is 20.6 Å². The van der Waals surface area contributed by atoms with Gasteiger partial charge in [-0.05, 0) is 50.8 Å². The molecule has 6 nitrogen and oxygen atoms in total. The second kappa shape index (κ2) is 12.0. The van der Waals surface area contributed by atoms with E-state index in [-0.39, 0.29) is 17.2 Å². The highest BCUT2D eigenvalue weighted by molar-refractivity contribution is 7.91. The Kier molecular flexibility index (Phi) is 9.02. The van der Waals surface area contributed by atoms with E-state index in [2.05, 4.69) is 16.6 Å². The zero-order valence-corrected chi connectivity index (χ0v) is 21.1. The number of ether oxygens (including phenoxy) is 1. The Balaban J connectivity index is 1.65. The van der Waals surface area contributed by atoms with Crippen LogP contribution in [0.4, 0.5) is 0 Å². The first-order chi connectivity index (χ1) is 16.2. The van der Waals surface area contributed by atoms with Gasteiger partial charge in [-0.25, -0.2) is 13.1 Å². The molecule has 0 bridgehead atoms. The quantitative estimate of drug-likeness (QED) is 0.360. The average molecular weight is 497 g/mol. The summed E-state index contributed by atoms with van der Waals surface area (Å²) < 4.78 is 34.1. The van der Waals surface area contributed by atoms with Crippen LogP contribution in [-0.4, -0.2) is 46.0 Å². The van der Waals surface area contributed by atoms with E-state index in [1.54, 1.807) is 6.07 Å². The second-order valence-corrected chi connectivity index (χ2v) is 11.2. The molecule has 3 aromatic rings. The van der Waals surface area contributed by atoms with E-state index in [0.29, 0.717) is 11.4 Å². The van der Waals surface area contributed by atoms with Crippen molar-refractivity contribution in [3.63, 3.8) is 0 Å². The Morgan fingerprint density at radius 2 is 1.74 bits per heavy atom. The van der Waals surface area contributed by atoms with Crippen LogP contribution in [0.3, 0.4) is 0 Å². The first-order valence-electron chi connectivity index (χ1n) is 10.8. The zero-order chi connectivity index (χ0) is 24.6. The number of nitrogens with zero attached hydrogens (tertiary/aromatic N) is 1. The third kappa shape index (κ3) is 8.12. The van der Waals surface area contributed by atoms with Crippen LogP contribution in [0.2, 0.25) is 0 Å². The minimum atomic E-state index is -3.82. The van der Waals surface area contributed by atoms with Gasteiger partial charge in [0.05, 0.1) is 11.3 Å². The fourth-order valence-electron chi connectivity index (χ4n) is 3.16. The molecule has 0 aliphatic rings. The van der Waals surface area contributed by atoms with Crippen LogP contribution in [0.5, 0.6) is 0 Å². The number of likely N-dealkylation sites (N-methyl/N-ethyl adjacent to an activating group) is 1. The van der Waals surface area contributed by atoms with E-state index < -0.39 is 22.0 Å². The lowest BCUT2D eigenvalue weighted by Gasteiger charge is -2.21. The molecule has 0 saturated heterocycles. The van der Waals surface area contributed by atoms with Gasteiger partial charge >= 0.3 is 5.97 Å². The summed E-state index contributed by atoms with van der Waals surface area (Å²) in [5.74, 6) is 5.60. The molecule has 8 heteroatoms. The fraction of sp³-hybridized carbons (Fsp3) is 0.269. The first-order valence-corrected chi connectivity index (χ1v) is 13.1. The van der Waals surface area contributed by atoms with Crippen molar-refractivity contribution >= 4 is 27.3 Å². The molecule has 1 N–H and O–H groups in total. The van der Waals surface area contributed by atoms with Crippen LogP contribution in [0.15, 0.2) is 70.9 Å². The highest BCUT2D eigenvalue weighted by Crippen LogP contribution is 2.21. The average Bonchev–Trinajstić information content (AvgIpc) is 3.27. The Morgan fingerprint density at radius 1 is 1.03 bits per heavy atom. The van der Waals surface area contributed by atoms with Gasteiger partial charge in [-0.2, -0.15) is 0 Å². The Bertz CT molecular complexity index is 1260. The Morgan fingerprint density at radius 3 is 2.41 bits per heavy atom. The number of aryl methyl sites for hydroxylation is 1. The summed E-state index contributed by atoms with van der Waals surface area (Å²) in [6.45, 7) is 2.51. The summed E-state index contributed by atoms with van der Waals surface area (Å²) in [6, 6.07) is 19.8. The van der Waals surface area contributed by atoms with Crippen molar-refractivity contribution < 1.29 is 17.9 Å². The summed E-state index contributed by atoms with van der Waals surface area (Å²) in [7, 11) is -0.179. The number of carbonyl (C=O) groups excluding carboxylic acids is 1. The fourth-order valence-corrected chi connectivity index (χ4v) is 5.57. The van der Waals surface area contributed by atoms with Gasteiger partial charge < -0.3 is 9.64 Å². The van der Waals surface area contributed by atoms with Gasteiger partial charge in [0, 0.05) is 18.2 Å². The molecular weight excluding hydrogens is 468 g/mol. The number of hydrogen-bond acceptors (Lipinski definition) is 6. The van der Waals surface area contributed by atoms with Gasteiger partial charge in [-0.3, -0.25) is 4.79 Å². The molecule has 3 rings (SSSR count). The van der Waals surface area contributed by atoms with E-state index in [9.17, 15) is 13.2 Å². The number of hydrogen-bond donors (Lipinski definition) is 1. The standard InChI is InChI=1S/C26H28N2O4S2/c1-20-9-11-21(12-10-20)13-14-24-15-16-26(33-24)34(30,31)27-23(18-28(2)3)17-25(29)32-19-22-7-5-4-6-8-22/h4-12,15-16,23,27H,17-19H2,1-3H3/t23-/m1/s1. The van der Waals surface area contributed by atoms with Gasteiger partial charge in [0.1, 0.15) is 10.8 Å². The SMILES string of the molecule is Cc1ccc(C#Cc2ccc(S(=O)(=O)N[C@H](CC(=O)OCc3ccccc3)CN(C)C)s2)cc1. The van der Waals surface area contributed by atoms with Crippen LogP contribution in [0.1, 0.15) is 28.0 Å². The minimum absolute atomic E-state index is 0.0737. The summed E-state index contributed by atoms with van der Waals surface area (Å²) in [5.41, 5.74) is 2.89. The van der Waals surface area contributed by atoms with Gasteiger partial charge in [0.2, 0.25) is 10.0 Å². The number of esters is 1. The molecule has 0 spiro atoms. The van der Waals surface area contributed by atoms with Crippen LogP contribution in [-0.2, 0) is 26.2 Å². The Labute approximate surface area is 205 Å². The van der Waals surface area contributed by atoms with Crippen molar-refractivity contribution in [3.05, 3.63) is 88.3 Å². The van der Waals surface area contributed by atoms with Gasteiger partial charge in [-0.15, -0.1) is 11.3 Å². The molecule has 0 amide bonds. The van der Waals surface area contributed by atoms with Crippen molar-refractivity contribution in [3.8, 4) is 11.8 Å². The molecular formula is C26H28N2O4S2. The zero-order valence-electron chi connectivity index (χ0n) is 19.4. The molecule has 0 radical (unpaired) electrons. The molecule has 1 atom stereocenters. The maximum absolute atomic E-state index is 13.0. The molecule has 0 aliphatic carbocycles. The van der Waals surface area contributed by atoms with Gasteiger partial charge in [-0.1, -0.05) is 59.9 Å². The van der Waals surface area contributed by atoms with Crippen molar-refractivity contribution in [1.29, 1.82) is 0 Å². The molecule has 1 heterocycles. The van der Waals surface area contributed by atoms with Crippen LogP contribution >= 0.6 is 11.3 Å². The number of sulfonamides is 1. The normalized spacial score (nSPS) is 12.1. The van der Waals surface area contributed by atoms with Crippen molar-refractivity contribution in [2.45, 2.75) is 30.2 Å². The molecule has 1 aromatic heterocycles. The smallest absolute Gasteiger partial charge is 0.307 e. The Hall–Kier alpha value is -2.96. The van der Waals surface area contributed by atoms with E-state index in [4.69, 9.17) is 4.74 Å². The highest BCUT2D eigenvalue weighted by Gasteiger charge is 2.25. The second-order valence-electron chi connectivity index (χ2n) is 8.17. The summed E-state index contributed by atoms with van der Waals surface area (Å²) in [5, 5.41) is 0. The molecule has 2 aromatic carbocycles. The van der Waals surface area contributed by atoms with E-state index in [1.807, 2.05) is 80.5 Å². The predicted molar refractivity (Wildman–Crippen MR) is 135 cm³/mol. The predicted octanol–water partition coefficient (Wildman–Crippen LogP) is 3.80. The van der Waals surface area contributed by atoms with E-state index in [0.717, 1.165) is 28.0 Å². The lowest BCUT2D eigenvalue weighted by Crippen LogP contribution is -2.43. The molecule has 0 fully saturated rings. The maximum atomic E-state index is 13.0. The summed E-state index contributed by atoms with van der Waals surface area (Å²) in [4.78, 5) is 14.9. The number of rotatable bonds is 9.